The van der Waals surface area contributed by atoms with E-state index in [0.717, 1.165) is 0 Å². The van der Waals surface area contributed by atoms with Crippen molar-refractivity contribution in [3.05, 3.63) is 65.7 Å². The predicted octanol–water partition coefficient (Wildman–Crippen LogP) is 3.37. The molecule has 0 spiro atoms. The molecule has 0 unspecified atom stereocenters. The summed E-state index contributed by atoms with van der Waals surface area (Å²) in [5.74, 6) is 0.399. The molecule has 0 heterocycles. The Morgan fingerprint density at radius 3 is 2.15 bits per heavy atom. The molecule has 2 rings (SSSR count). The van der Waals surface area contributed by atoms with E-state index in [1.807, 2.05) is 44.2 Å². The Morgan fingerprint density at radius 2 is 1.59 bits per heavy atom. The lowest BCUT2D eigenvalue weighted by atomic mass is 10.00. The van der Waals surface area contributed by atoms with Crippen LogP contribution in [-0.4, -0.2) is 31.5 Å². The van der Waals surface area contributed by atoms with Crippen LogP contribution < -0.4 is 15.4 Å². The van der Waals surface area contributed by atoms with Gasteiger partial charge in [-0.15, -0.1) is 0 Å². The zero-order valence-electron chi connectivity index (χ0n) is 16.4. The molecule has 0 bridgehead atoms. The topological polar surface area (TPSA) is 67.4 Å². The van der Waals surface area contributed by atoms with E-state index in [1.165, 1.54) is 5.56 Å². The van der Waals surface area contributed by atoms with Crippen LogP contribution in [0, 0.1) is 5.92 Å². The van der Waals surface area contributed by atoms with Crippen LogP contribution in [0.15, 0.2) is 54.6 Å². The number of carbonyl (C=O) groups excluding carboxylic acids is 2. The van der Waals surface area contributed by atoms with Gasteiger partial charge in [0.05, 0.1) is 7.11 Å². The van der Waals surface area contributed by atoms with E-state index in [2.05, 4.69) is 17.6 Å². The average Bonchev–Trinajstić information content (AvgIpc) is 2.70. The molecule has 0 fully saturated rings. The van der Waals surface area contributed by atoms with Crippen molar-refractivity contribution in [3.8, 4) is 5.75 Å². The van der Waals surface area contributed by atoms with Gasteiger partial charge in [0, 0.05) is 12.1 Å². The molecule has 2 aromatic carbocycles. The van der Waals surface area contributed by atoms with Crippen molar-refractivity contribution < 1.29 is 14.3 Å². The van der Waals surface area contributed by atoms with E-state index >= 15 is 0 Å². The van der Waals surface area contributed by atoms with E-state index in [0.29, 0.717) is 17.9 Å². The van der Waals surface area contributed by atoms with Crippen molar-refractivity contribution in [1.82, 2.24) is 10.6 Å². The van der Waals surface area contributed by atoms with Gasteiger partial charge in [0.15, 0.2) is 0 Å². The number of benzene rings is 2. The van der Waals surface area contributed by atoms with Gasteiger partial charge in [-0.05, 0) is 41.7 Å². The fourth-order valence-electron chi connectivity index (χ4n) is 2.76. The number of ether oxygens (including phenoxy) is 1. The zero-order valence-corrected chi connectivity index (χ0v) is 16.4. The summed E-state index contributed by atoms with van der Waals surface area (Å²) >= 11 is 0. The van der Waals surface area contributed by atoms with Crippen LogP contribution in [0.25, 0.3) is 0 Å². The van der Waals surface area contributed by atoms with Crippen molar-refractivity contribution in [1.29, 1.82) is 0 Å². The van der Waals surface area contributed by atoms with Crippen molar-refractivity contribution >= 4 is 11.8 Å². The van der Waals surface area contributed by atoms with Gasteiger partial charge >= 0.3 is 0 Å². The number of rotatable bonds is 8. The molecule has 0 saturated carbocycles. The van der Waals surface area contributed by atoms with Gasteiger partial charge in [-0.1, -0.05) is 51.1 Å². The molecule has 27 heavy (non-hydrogen) atoms. The Kier molecular flexibility index (Phi) is 7.41. The summed E-state index contributed by atoms with van der Waals surface area (Å²) in [6, 6.07) is 16.2. The normalized spacial score (nSPS) is 12.9. The number of amides is 2. The molecular formula is C22H28N2O3. The fraction of sp³-hybridized carbons (Fsp3) is 0.364. The van der Waals surface area contributed by atoms with Gasteiger partial charge in [-0.3, -0.25) is 9.59 Å². The Bertz CT molecular complexity index is 742. The molecule has 5 heteroatoms. The van der Waals surface area contributed by atoms with Gasteiger partial charge < -0.3 is 15.4 Å². The minimum Gasteiger partial charge on any atom is -0.497 e. The molecule has 0 aromatic heterocycles. The number of nitrogens with one attached hydrogen (secondary N) is 2. The molecule has 2 amide bonds. The monoisotopic (exact) mass is 368 g/mol. The number of hydrogen-bond donors (Lipinski definition) is 2. The minimum atomic E-state index is -0.595. The maximum absolute atomic E-state index is 12.6. The molecule has 2 N–H and O–H groups in total. The van der Waals surface area contributed by atoms with Gasteiger partial charge in [0.2, 0.25) is 5.91 Å². The maximum Gasteiger partial charge on any atom is 0.251 e. The lowest BCUT2D eigenvalue weighted by Crippen LogP contribution is -2.50. The zero-order chi connectivity index (χ0) is 19.8. The molecule has 0 radical (unpaired) electrons. The second kappa shape index (κ2) is 9.76. The van der Waals surface area contributed by atoms with Crippen molar-refractivity contribution in [2.24, 2.45) is 5.92 Å². The highest BCUT2D eigenvalue weighted by Crippen LogP contribution is 2.14. The minimum absolute atomic E-state index is 0.0285. The first-order valence-electron chi connectivity index (χ1n) is 9.20. The number of methoxy groups -OCH3 is 1. The van der Waals surface area contributed by atoms with Crippen LogP contribution in [0.4, 0.5) is 0 Å². The van der Waals surface area contributed by atoms with E-state index in [4.69, 9.17) is 4.74 Å². The molecule has 2 atom stereocenters. The summed E-state index contributed by atoms with van der Waals surface area (Å²) in [7, 11) is 1.57. The second-order valence-corrected chi connectivity index (χ2v) is 6.98. The lowest BCUT2D eigenvalue weighted by Gasteiger charge is -2.23. The number of hydrogen-bond acceptors (Lipinski definition) is 3. The number of carbonyl (C=O) groups is 2. The molecule has 5 nitrogen and oxygen atoms in total. The standard InChI is InChI=1S/C22H28N2O3/c1-15(2)20(24-21(25)18-10-12-19(27-4)13-11-18)22(26)23-14-16(3)17-8-6-5-7-9-17/h5-13,15-16,20H,14H2,1-4H3,(H,23,26)(H,24,25)/t16-,20+/m1/s1. The highest BCUT2D eigenvalue weighted by molar-refractivity contribution is 5.97. The Hall–Kier alpha value is -2.82. The summed E-state index contributed by atoms with van der Waals surface area (Å²) in [5.41, 5.74) is 1.66. The van der Waals surface area contributed by atoms with E-state index < -0.39 is 6.04 Å². The second-order valence-electron chi connectivity index (χ2n) is 6.98. The first-order valence-corrected chi connectivity index (χ1v) is 9.20. The molecule has 2 aromatic rings. The van der Waals surface area contributed by atoms with Crippen molar-refractivity contribution in [2.75, 3.05) is 13.7 Å². The molecular weight excluding hydrogens is 340 g/mol. The highest BCUT2D eigenvalue weighted by Gasteiger charge is 2.25. The third-order valence-electron chi connectivity index (χ3n) is 4.54. The van der Waals surface area contributed by atoms with E-state index in [-0.39, 0.29) is 23.7 Å². The van der Waals surface area contributed by atoms with Crippen LogP contribution in [0.5, 0.6) is 5.75 Å². The summed E-state index contributed by atoms with van der Waals surface area (Å²) in [4.78, 5) is 25.1. The van der Waals surface area contributed by atoms with Gasteiger partial charge in [-0.2, -0.15) is 0 Å². The maximum atomic E-state index is 12.6. The summed E-state index contributed by atoms with van der Waals surface area (Å²) in [5, 5.41) is 5.81. The van der Waals surface area contributed by atoms with Crippen LogP contribution in [0.2, 0.25) is 0 Å². The van der Waals surface area contributed by atoms with Crippen LogP contribution in [0.3, 0.4) is 0 Å². The van der Waals surface area contributed by atoms with Gasteiger partial charge in [-0.25, -0.2) is 0 Å². The molecule has 0 saturated heterocycles. The third-order valence-corrected chi connectivity index (χ3v) is 4.54. The smallest absolute Gasteiger partial charge is 0.251 e. The Labute approximate surface area is 161 Å². The predicted molar refractivity (Wildman–Crippen MR) is 107 cm³/mol. The first kappa shape index (κ1) is 20.5. The highest BCUT2D eigenvalue weighted by atomic mass is 16.5. The Morgan fingerprint density at radius 1 is 0.963 bits per heavy atom. The van der Waals surface area contributed by atoms with Gasteiger partial charge in [0.25, 0.3) is 5.91 Å². The summed E-state index contributed by atoms with van der Waals surface area (Å²) < 4.78 is 5.10. The molecule has 0 aliphatic heterocycles. The van der Waals surface area contributed by atoms with Crippen LogP contribution >= 0.6 is 0 Å². The van der Waals surface area contributed by atoms with Gasteiger partial charge in [0.1, 0.15) is 11.8 Å². The summed E-state index contributed by atoms with van der Waals surface area (Å²) in [6.45, 7) is 6.42. The lowest BCUT2D eigenvalue weighted by molar-refractivity contribution is -0.124. The molecule has 0 aliphatic rings. The fourth-order valence-corrected chi connectivity index (χ4v) is 2.76. The van der Waals surface area contributed by atoms with E-state index in [9.17, 15) is 9.59 Å². The average molecular weight is 368 g/mol. The molecule has 0 aliphatic carbocycles. The third kappa shape index (κ3) is 5.84. The largest absolute Gasteiger partial charge is 0.497 e. The Balaban J connectivity index is 1.96. The van der Waals surface area contributed by atoms with Crippen molar-refractivity contribution in [3.63, 3.8) is 0 Å². The van der Waals surface area contributed by atoms with E-state index in [1.54, 1.807) is 31.4 Å². The summed E-state index contributed by atoms with van der Waals surface area (Å²) in [6.07, 6.45) is 0. The van der Waals surface area contributed by atoms with Crippen LogP contribution in [-0.2, 0) is 4.79 Å². The molecule has 144 valence electrons. The first-order chi connectivity index (χ1) is 12.9. The quantitative estimate of drug-likeness (QED) is 0.751. The van der Waals surface area contributed by atoms with Crippen LogP contribution in [0.1, 0.15) is 42.6 Å². The van der Waals surface area contributed by atoms with Crippen molar-refractivity contribution in [2.45, 2.75) is 32.7 Å². The SMILES string of the molecule is COc1ccc(C(=O)N[C@H](C(=O)NC[C@@H](C)c2ccccc2)C(C)C)cc1.